The van der Waals surface area contributed by atoms with E-state index in [1.165, 1.54) is 6.42 Å². The summed E-state index contributed by atoms with van der Waals surface area (Å²) < 4.78 is 1.76. The van der Waals surface area contributed by atoms with Gasteiger partial charge in [0, 0.05) is 24.8 Å². The lowest BCUT2D eigenvalue weighted by Gasteiger charge is -2.35. The Hall–Kier alpha value is -0.870. The Bertz CT molecular complexity index is 353. The van der Waals surface area contributed by atoms with Crippen molar-refractivity contribution in [3.63, 3.8) is 0 Å². The Kier molecular flexibility index (Phi) is 3.84. The first-order chi connectivity index (χ1) is 8.14. The summed E-state index contributed by atoms with van der Waals surface area (Å²) in [7, 11) is 1.89. The van der Waals surface area contributed by atoms with E-state index in [-0.39, 0.29) is 0 Å². The van der Waals surface area contributed by atoms with Crippen molar-refractivity contribution in [2.24, 2.45) is 7.05 Å². The van der Waals surface area contributed by atoms with Crippen LogP contribution in [-0.4, -0.2) is 27.5 Å². The fourth-order valence-electron chi connectivity index (χ4n) is 2.60. The Balaban J connectivity index is 1.93. The summed E-state index contributed by atoms with van der Waals surface area (Å²) in [5.41, 5.74) is 0.313. The van der Waals surface area contributed by atoms with Crippen LogP contribution in [0, 0.1) is 0 Å². The molecule has 0 saturated heterocycles. The Morgan fingerprint density at radius 3 is 2.76 bits per heavy atom. The number of rotatable bonds is 4. The first-order valence-corrected chi connectivity index (χ1v) is 6.59. The highest BCUT2D eigenvalue weighted by Gasteiger charge is 2.35. The molecule has 17 heavy (non-hydrogen) atoms. The number of hydrogen-bond acceptors (Lipinski definition) is 3. The van der Waals surface area contributed by atoms with E-state index in [2.05, 4.69) is 17.3 Å². The van der Waals surface area contributed by atoms with Crippen LogP contribution in [0.3, 0.4) is 0 Å². The lowest BCUT2D eigenvalue weighted by Crippen LogP contribution is -2.39. The van der Waals surface area contributed by atoms with Crippen molar-refractivity contribution < 1.29 is 5.11 Å². The number of aryl methyl sites for hydroxylation is 1. The largest absolute Gasteiger partial charge is 0.385 e. The van der Waals surface area contributed by atoms with E-state index in [1.807, 2.05) is 13.2 Å². The van der Waals surface area contributed by atoms with Gasteiger partial charge in [-0.05, 0) is 38.6 Å². The molecule has 1 aromatic rings. The smallest absolute Gasteiger partial charge is 0.0928 e. The van der Waals surface area contributed by atoms with Crippen molar-refractivity contribution in [2.75, 3.05) is 6.54 Å². The molecule has 1 heterocycles. The first-order valence-electron chi connectivity index (χ1n) is 6.59. The molecule has 0 atom stereocenters. The standard InChI is InChI=1S/C13H23N3O/c1-3-8-14-12-4-6-13(17,7-5-12)11-9-15-16(2)10-11/h9-10,12,14,17H,3-8H2,1-2H3. The molecule has 0 aliphatic heterocycles. The maximum atomic E-state index is 10.6. The van der Waals surface area contributed by atoms with Gasteiger partial charge in [-0.25, -0.2) is 0 Å². The van der Waals surface area contributed by atoms with Crippen LogP contribution in [0.4, 0.5) is 0 Å². The summed E-state index contributed by atoms with van der Waals surface area (Å²) in [4.78, 5) is 0. The molecule has 2 rings (SSSR count). The van der Waals surface area contributed by atoms with E-state index in [0.29, 0.717) is 6.04 Å². The number of hydrogen-bond donors (Lipinski definition) is 2. The summed E-state index contributed by atoms with van der Waals surface area (Å²) in [6.07, 6.45) is 8.65. The highest BCUT2D eigenvalue weighted by atomic mass is 16.3. The van der Waals surface area contributed by atoms with Crippen LogP contribution in [-0.2, 0) is 12.6 Å². The minimum Gasteiger partial charge on any atom is -0.385 e. The topological polar surface area (TPSA) is 50.1 Å². The SMILES string of the molecule is CCCNC1CCC(O)(c2cnn(C)c2)CC1. The minimum absolute atomic E-state index is 0.576. The number of nitrogens with zero attached hydrogens (tertiary/aromatic N) is 2. The van der Waals surface area contributed by atoms with Crippen LogP contribution in [0.25, 0.3) is 0 Å². The predicted molar refractivity (Wildman–Crippen MR) is 67.7 cm³/mol. The molecule has 1 aliphatic rings. The van der Waals surface area contributed by atoms with Gasteiger partial charge in [0.05, 0.1) is 11.8 Å². The molecule has 0 spiro atoms. The van der Waals surface area contributed by atoms with Crippen molar-refractivity contribution in [2.45, 2.75) is 50.7 Å². The van der Waals surface area contributed by atoms with Crippen molar-refractivity contribution in [3.05, 3.63) is 18.0 Å². The van der Waals surface area contributed by atoms with E-state index in [9.17, 15) is 5.11 Å². The van der Waals surface area contributed by atoms with Crippen molar-refractivity contribution in [1.82, 2.24) is 15.1 Å². The summed E-state index contributed by atoms with van der Waals surface area (Å²) in [6.45, 7) is 3.26. The molecule has 4 nitrogen and oxygen atoms in total. The van der Waals surface area contributed by atoms with Gasteiger partial charge in [-0.15, -0.1) is 0 Å². The molecule has 0 bridgehead atoms. The van der Waals surface area contributed by atoms with Gasteiger partial charge in [0.1, 0.15) is 0 Å². The zero-order valence-corrected chi connectivity index (χ0v) is 10.8. The third kappa shape index (κ3) is 2.87. The molecule has 2 N–H and O–H groups in total. The third-order valence-corrected chi connectivity index (χ3v) is 3.74. The molecule has 0 aromatic carbocycles. The molecule has 1 aromatic heterocycles. The number of aliphatic hydroxyl groups is 1. The molecule has 1 fully saturated rings. The summed E-state index contributed by atoms with van der Waals surface area (Å²) in [5.74, 6) is 0. The van der Waals surface area contributed by atoms with Gasteiger partial charge in [-0.1, -0.05) is 6.92 Å². The molecule has 0 amide bonds. The van der Waals surface area contributed by atoms with E-state index >= 15 is 0 Å². The lowest BCUT2D eigenvalue weighted by atomic mass is 9.79. The fraction of sp³-hybridized carbons (Fsp3) is 0.769. The number of aromatic nitrogens is 2. The second kappa shape index (κ2) is 5.19. The van der Waals surface area contributed by atoms with Crippen molar-refractivity contribution in [3.8, 4) is 0 Å². The molecular formula is C13H23N3O. The normalized spacial score (nSPS) is 29.5. The van der Waals surface area contributed by atoms with Crippen LogP contribution < -0.4 is 5.32 Å². The maximum Gasteiger partial charge on any atom is 0.0928 e. The second-order valence-corrected chi connectivity index (χ2v) is 5.16. The predicted octanol–water partition coefficient (Wildman–Crippen LogP) is 1.55. The molecule has 96 valence electrons. The highest BCUT2D eigenvalue weighted by Crippen LogP contribution is 2.36. The molecule has 4 heteroatoms. The monoisotopic (exact) mass is 237 g/mol. The van der Waals surface area contributed by atoms with Gasteiger partial charge in [0.25, 0.3) is 0 Å². The molecule has 1 aliphatic carbocycles. The average molecular weight is 237 g/mol. The summed E-state index contributed by atoms with van der Waals surface area (Å²) >= 11 is 0. The van der Waals surface area contributed by atoms with Crippen LogP contribution in [0.1, 0.15) is 44.6 Å². The van der Waals surface area contributed by atoms with Gasteiger partial charge in [-0.2, -0.15) is 5.10 Å². The summed E-state index contributed by atoms with van der Waals surface area (Å²) in [5, 5.41) is 18.3. The molecular weight excluding hydrogens is 214 g/mol. The van der Waals surface area contributed by atoms with Crippen molar-refractivity contribution >= 4 is 0 Å². The Labute approximate surface area is 103 Å². The lowest BCUT2D eigenvalue weighted by molar-refractivity contribution is -0.00832. The minimum atomic E-state index is -0.654. The Morgan fingerprint density at radius 2 is 2.24 bits per heavy atom. The summed E-state index contributed by atoms with van der Waals surface area (Å²) in [6, 6.07) is 0.576. The van der Waals surface area contributed by atoms with Crippen LogP contribution in [0.5, 0.6) is 0 Å². The van der Waals surface area contributed by atoms with E-state index < -0.39 is 5.60 Å². The Morgan fingerprint density at radius 1 is 1.53 bits per heavy atom. The van der Waals surface area contributed by atoms with Gasteiger partial charge < -0.3 is 10.4 Å². The van der Waals surface area contributed by atoms with Crippen molar-refractivity contribution in [1.29, 1.82) is 0 Å². The number of nitrogens with one attached hydrogen (secondary N) is 1. The van der Waals surface area contributed by atoms with Gasteiger partial charge in [0.15, 0.2) is 0 Å². The average Bonchev–Trinajstić information content (AvgIpc) is 2.76. The maximum absolute atomic E-state index is 10.6. The van der Waals surface area contributed by atoms with Gasteiger partial charge >= 0.3 is 0 Å². The fourth-order valence-corrected chi connectivity index (χ4v) is 2.60. The molecule has 0 radical (unpaired) electrons. The molecule has 1 saturated carbocycles. The zero-order valence-electron chi connectivity index (χ0n) is 10.8. The van der Waals surface area contributed by atoms with Gasteiger partial charge in [-0.3, -0.25) is 4.68 Å². The third-order valence-electron chi connectivity index (χ3n) is 3.74. The van der Waals surface area contributed by atoms with E-state index in [1.54, 1.807) is 10.9 Å². The zero-order chi connectivity index (χ0) is 12.3. The molecule has 0 unspecified atom stereocenters. The van der Waals surface area contributed by atoms with Gasteiger partial charge in [0.2, 0.25) is 0 Å². The first kappa shape index (κ1) is 12.6. The van der Waals surface area contributed by atoms with E-state index in [4.69, 9.17) is 0 Å². The second-order valence-electron chi connectivity index (χ2n) is 5.16. The van der Waals surface area contributed by atoms with E-state index in [0.717, 1.165) is 37.8 Å². The highest BCUT2D eigenvalue weighted by molar-refractivity contribution is 5.16. The quantitative estimate of drug-likeness (QED) is 0.835. The van der Waals surface area contributed by atoms with Crippen LogP contribution >= 0.6 is 0 Å². The van der Waals surface area contributed by atoms with Crippen LogP contribution in [0.2, 0.25) is 0 Å². The van der Waals surface area contributed by atoms with Crippen LogP contribution in [0.15, 0.2) is 12.4 Å².